The highest BCUT2D eigenvalue weighted by atomic mass is 79.9. The molecule has 0 amide bonds. The van der Waals surface area contributed by atoms with Gasteiger partial charge in [-0.2, -0.15) is 0 Å². The molecule has 1 aliphatic rings. The van der Waals surface area contributed by atoms with Gasteiger partial charge in [-0.15, -0.1) is 11.3 Å². The van der Waals surface area contributed by atoms with E-state index in [9.17, 15) is 8.42 Å². The van der Waals surface area contributed by atoms with Crippen molar-refractivity contribution in [2.75, 3.05) is 4.72 Å². The van der Waals surface area contributed by atoms with E-state index < -0.39 is 10.0 Å². The summed E-state index contributed by atoms with van der Waals surface area (Å²) in [6.07, 6.45) is 5.11. The standard InChI is InChI=1S/C17H15BrN2O3S2/c18-12-5-2-6-13(9-12)20-25(21,22)16-8-7-15(24-16)14-10-19-17(23-14)11-3-1-4-11/h2,5-11,20H,1,3-4H2. The van der Waals surface area contributed by atoms with Crippen LogP contribution >= 0.6 is 27.3 Å². The molecule has 8 heteroatoms. The Morgan fingerprint density at radius 2 is 2.08 bits per heavy atom. The van der Waals surface area contributed by atoms with Crippen molar-refractivity contribution >= 4 is 43.0 Å². The zero-order valence-electron chi connectivity index (χ0n) is 13.1. The number of rotatable bonds is 5. The fourth-order valence-electron chi connectivity index (χ4n) is 2.60. The molecule has 3 aromatic rings. The van der Waals surface area contributed by atoms with E-state index in [0.29, 0.717) is 17.4 Å². The van der Waals surface area contributed by atoms with E-state index in [-0.39, 0.29) is 4.21 Å². The third kappa shape index (κ3) is 3.51. The van der Waals surface area contributed by atoms with Crippen molar-refractivity contribution in [2.45, 2.75) is 29.4 Å². The van der Waals surface area contributed by atoms with Gasteiger partial charge >= 0.3 is 0 Å². The van der Waals surface area contributed by atoms with Crippen molar-refractivity contribution in [3.63, 3.8) is 0 Å². The van der Waals surface area contributed by atoms with Crippen LogP contribution in [0.3, 0.4) is 0 Å². The van der Waals surface area contributed by atoms with Gasteiger partial charge < -0.3 is 4.42 Å². The fraction of sp³-hybridized carbons (Fsp3) is 0.235. The number of benzene rings is 1. The minimum absolute atomic E-state index is 0.240. The number of sulfonamides is 1. The zero-order chi connectivity index (χ0) is 17.4. The van der Waals surface area contributed by atoms with Crippen LogP contribution in [0, 0.1) is 0 Å². The summed E-state index contributed by atoms with van der Waals surface area (Å²) >= 11 is 4.50. The second kappa shape index (κ2) is 6.59. The van der Waals surface area contributed by atoms with Gasteiger partial charge in [0.2, 0.25) is 0 Å². The molecule has 25 heavy (non-hydrogen) atoms. The quantitative estimate of drug-likeness (QED) is 0.591. The predicted octanol–water partition coefficient (Wildman–Crippen LogP) is 5.23. The fourth-order valence-corrected chi connectivity index (χ4v) is 5.30. The smallest absolute Gasteiger partial charge is 0.271 e. The molecular weight excluding hydrogens is 424 g/mol. The van der Waals surface area contributed by atoms with Crippen LogP contribution in [0.5, 0.6) is 0 Å². The molecule has 1 fully saturated rings. The average molecular weight is 439 g/mol. The van der Waals surface area contributed by atoms with Crippen LogP contribution in [0.4, 0.5) is 5.69 Å². The van der Waals surface area contributed by atoms with Crippen molar-refractivity contribution in [3.8, 4) is 10.6 Å². The van der Waals surface area contributed by atoms with Gasteiger partial charge in [0.1, 0.15) is 4.21 Å². The first-order valence-corrected chi connectivity index (χ1v) is 10.9. The Labute approximate surface area is 158 Å². The minimum atomic E-state index is -3.63. The van der Waals surface area contributed by atoms with E-state index in [1.54, 1.807) is 36.5 Å². The number of hydrogen-bond donors (Lipinski definition) is 1. The molecule has 4 rings (SSSR count). The monoisotopic (exact) mass is 438 g/mol. The Hall–Kier alpha value is -1.64. The molecule has 0 radical (unpaired) electrons. The van der Waals surface area contributed by atoms with Gasteiger partial charge in [0.05, 0.1) is 11.1 Å². The van der Waals surface area contributed by atoms with Crippen LogP contribution in [-0.2, 0) is 10.0 Å². The number of oxazole rings is 1. The molecule has 1 saturated carbocycles. The Morgan fingerprint density at radius 3 is 2.80 bits per heavy atom. The summed E-state index contributed by atoms with van der Waals surface area (Å²) in [6.45, 7) is 0. The Balaban J connectivity index is 1.56. The van der Waals surface area contributed by atoms with E-state index in [0.717, 1.165) is 28.1 Å². The summed E-state index contributed by atoms with van der Waals surface area (Å²) in [5, 5.41) is 0. The van der Waals surface area contributed by atoms with Gasteiger partial charge in [0.15, 0.2) is 11.7 Å². The molecule has 1 aliphatic carbocycles. The topological polar surface area (TPSA) is 72.2 Å². The number of nitrogens with one attached hydrogen (secondary N) is 1. The normalized spacial score (nSPS) is 15.1. The summed E-state index contributed by atoms with van der Waals surface area (Å²) in [7, 11) is -3.63. The minimum Gasteiger partial charge on any atom is -0.440 e. The Morgan fingerprint density at radius 1 is 1.24 bits per heavy atom. The second-order valence-electron chi connectivity index (χ2n) is 5.93. The van der Waals surface area contributed by atoms with E-state index in [1.807, 2.05) is 6.07 Å². The average Bonchev–Trinajstić information content (AvgIpc) is 3.13. The number of hydrogen-bond acceptors (Lipinski definition) is 5. The zero-order valence-corrected chi connectivity index (χ0v) is 16.3. The van der Waals surface area contributed by atoms with E-state index >= 15 is 0 Å². The maximum absolute atomic E-state index is 12.6. The third-order valence-corrected chi connectivity index (χ3v) is 7.61. The number of thiophene rings is 1. The molecule has 0 saturated heterocycles. The third-order valence-electron chi connectivity index (χ3n) is 4.14. The lowest BCUT2D eigenvalue weighted by Gasteiger charge is -2.21. The summed E-state index contributed by atoms with van der Waals surface area (Å²) in [5.41, 5.74) is 0.510. The molecule has 0 aliphatic heterocycles. The number of anilines is 1. The molecule has 0 bridgehead atoms. The lowest BCUT2D eigenvalue weighted by Crippen LogP contribution is -2.11. The lowest BCUT2D eigenvalue weighted by molar-refractivity contribution is 0.338. The Bertz CT molecular complexity index is 1010. The largest absolute Gasteiger partial charge is 0.440 e. The van der Waals surface area contributed by atoms with Gasteiger partial charge in [0, 0.05) is 16.1 Å². The highest BCUT2D eigenvalue weighted by Crippen LogP contribution is 2.38. The van der Waals surface area contributed by atoms with Crippen LogP contribution in [0.2, 0.25) is 0 Å². The molecule has 1 N–H and O–H groups in total. The van der Waals surface area contributed by atoms with Crippen molar-refractivity contribution < 1.29 is 12.8 Å². The lowest BCUT2D eigenvalue weighted by atomic mass is 9.85. The highest BCUT2D eigenvalue weighted by Gasteiger charge is 2.25. The molecule has 130 valence electrons. The van der Waals surface area contributed by atoms with E-state index in [1.165, 1.54) is 17.8 Å². The Kier molecular flexibility index (Phi) is 4.43. The number of halogens is 1. The first-order chi connectivity index (χ1) is 12.0. The molecule has 2 heterocycles. The first kappa shape index (κ1) is 16.8. The molecule has 2 aromatic heterocycles. The van der Waals surface area contributed by atoms with Gasteiger partial charge in [-0.05, 0) is 43.2 Å². The van der Waals surface area contributed by atoms with Crippen molar-refractivity contribution in [1.29, 1.82) is 0 Å². The van der Waals surface area contributed by atoms with Crippen molar-refractivity contribution in [2.24, 2.45) is 0 Å². The van der Waals surface area contributed by atoms with Crippen LogP contribution in [-0.4, -0.2) is 13.4 Å². The van der Waals surface area contributed by atoms with Crippen LogP contribution < -0.4 is 4.72 Å². The first-order valence-electron chi connectivity index (χ1n) is 7.85. The summed E-state index contributed by atoms with van der Waals surface area (Å²) < 4.78 is 34.6. The van der Waals surface area contributed by atoms with Crippen molar-refractivity contribution in [3.05, 3.63) is 53.0 Å². The highest BCUT2D eigenvalue weighted by molar-refractivity contribution is 9.10. The number of aromatic nitrogens is 1. The number of nitrogens with zero attached hydrogens (tertiary/aromatic N) is 1. The summed E-state index contributed by atoms with van der Waals surface area (Å²) in [6, 6.07) is 10.4. The predicted molar refractivity (Wildman–Crippen MR) is 101 cm³/mol. The van der Waals surface area contributed by atoms with E-state index in [2.05, 4.69) is 25.6 Å². The van der Waals surface area contributed by atoms with Crippen LogP contribution in [0.25, 0.3) is 10.6 Å². The molecular formula is C17H15BrN2O3S2. The molecule has 0 atom stereocenters. The van der Waals surface area contributed by atoms with Gasteiger partial charge in [-0.1, -0.05) is 28.4 Å². The second-order valence-corrected chi connectivity index (χ2v) is 9.83. The van der Waals surface area contributed by atoms with Gasteiger partial charge in [-0.3, -0.25) is 4.72 Å². The summed E-state index contributed by atoms with van der Waals surface area (Å²) in [5.74, 6) is 1.79. The maximum Gasteiger partial charge on any atom is 0.271 e. The molecule has 0 spiro atoms. The van der Waals surface area contributed by atoms with Gasteiger partial charge in [-0.25, -0.2) is 13.4 Å². The maximum atomic E-state index is 12.6. The SMILES string of the molecule is O=S(=O)(Nc1cccc(Br)c1)c1ccc(-c2cnc(C3CCC3)o2)s1. The van der Waals surface area contributed by atoms with Crippen LogP contribution in [0.1, 0.15) is 31.1 Å². The van der Waals surface area contributed by atoms with E-state index in [4.69, 9.17) is 4.42 Å². The van der Waals surface area contributed by atoms with Gasteiger partial charge in [0.25, 0.3) is 10.0 Å². The van der Waals surface area contributed by atoms with Crippen LogP contribution in [0.15, 0.2) is 55.7 Å². The summed E-state index contributed by atoms with van der Waals surface area (Å²) in [4.78, 5) is 5.09. The van der Waals surface area contributed by atoms with Crippen molar-refractivity contribution in [1.82, 2.24) is 4.98 Å². The molecule has 0 unspecified atom stereocenters. The molecule has 5 nitrogen and oxygen atoms in total. The molecule has 1 aromatic carbocycles.